The Kier molecular flexibility index (Phi) is 2.81. The lowest BCUT2D eigenvalue weighted by molar-refractivity contribution is -0.142. The number of nitrogens with zero attached hydrogens (tertiary/aromatic N) is 2. The lowest BCUT2D eigenvalue weighted by Gasteiger charge is -2.10. The summed E-state index contributed by atoms with van der Waals surface area (Å²) in [5, 5.41) is -4.18. The molecule has 0 fully saturated rings. The maximum absolute atomic E-state index is 12.4. The Morgan fingerprint density at radius 1 is 1.00 bits per heavy atom. The predicted octanol–water partition coefficient (Wildman–Crippen LogP) is 2.92. The van der Waals surface area contributed by atoms with Crippen LogP contribution in [-0.2, 0) is 11.6 Å². The Morgan fingerprint density at radius 2 is 1.47 bits per heavy atom. The molecule has 0 atom stereocenters. The van der Waals surface area contributed by atoms with E-state index in [4.69, 9.17) is 0 Å². The van der Waals surface area contributed by atoms with Crippen LogP contribution in [0.2, 0.25) is 0 Å². The van der Waals surface area contributed by atoms with Gasteiger partial charge in [0.05, 0.1) is 0 Å². The van der Waals surface area contributed by atoms with Gasteiger partial charge in [0, 0.05) is 0 Å². The summed E-state index contributed by atoms with van der Waals surface area (Å²) in [5.74, 6) is 0. The Bertz CT molecular complexity index is 339. The van der Waals surface area contributed by atoms with Crippen molar-refractivity contribution < 1.29 is 26.3 Å². The largest absolute Gasteiger partial charge is 0.433 e. The SMILES string of the molecule is Fc1nc(C(F)(F)F)cc(C(F)(F)Cl)n1. The summed E-state index contributed by atoms with van der Waals surface area (Å²) in [5.41, 5.74) is -3.35. The van der Waals surface area contributed by atoms with Gasteiger partial charge in [-0.05, 0) is 17.7 Å². The first kappa shape index (κ1) is 12.0. The number of hydrogen-bond donors (Lipinski definition) is 0. The number of halogens is 7. The Labute approximate surface area is 83.9 Å². The fourth-order valence-corrected chi connectivity index (χ4v) is 0.805. The normalized spacial score (nSPS) is 13.0. The zero-order valence-corrected chi connectivity index (χ0v) is 7.37. The fraction of sp³-hybridized carbons (Fsp3) is 0.333. The van der Waals surface area contributed by atoms with Crippen molar-refractivity contribution in [1.29, 1.82) is 0 Å². The summed E-state index contributed by atoms with van der Waals surface area (Å²) in [4.78, 5) is 4.78. The van der Waals surface area contributed by atoms with Crippen LogP contribution in [0, 0.1) is 6.08 Å². The quantitative estimate of drug-likeness (QED) is 0.435. The van der Waals surface area contributed by atoms with Gasteiger partial charge in [0.1, 0.15) is 5.69 Å². The lowest BCUT2D eigenvalue weighted by Crippen LogP contribution is -2.15. The van der Waals surface area contributed by atoms with E-state index in [0.29, 0.717) is 0 Å². The third-order valence-electron chi connectivity index (χ3n) is 1.28. The molecule has 9 heteroatoms. The van der Waals surface area contributed by atoms with Gasteiger partial charge in [-0.15, -0.1) is 0 Å². The van der Waals surface area contributed by atoms with E-state index in [-0.39, 0.29) is 6.07 Å². The first-order valence-electron chi connectivity index (χ1n) is 3.29. The second kappa shape index (κ2) is 3.51. The molecule has 84 valence electrons. The van der Waals surface area contributed by atoms with E-state index in [0.717, 1.165) is 0 Å². The summed E-state index contributed by atoms with van der Waals surface area (Å²) < 4.78 is 73.0. The van der Waals surface area contributed by atoms with Crippen molar-refractivity contribution in [2.24, 2.45) is 0 Å². The summed E-state index contributed by atoms with van der Waals surface area (Å²) in [7, 11) is 0. The zero-order chi connectivity index (χ0) is 11.9. The highest BCUT2D eigenvalue weighted by molar-refractivity contribution is 6.21. The molecule has 0 radical (unpaired) electrons. The number of aromatic nitrogens is 2. The molecule has 0 bridgehead atoms. The molecule has 1 heterocycles. The van der Waals surface area contributed by atoms with E-state index in [1.54, 1.807) is 0 Å². The van der Waals surface area contributed by atoms with E-state index >= 15 is 0 Å². The van der Waals surface area contributed by atoms with Gasteiger partial charge >= 0.3 is 17.6 Å². The van der Waals surface area contributed by atoms with Gasteiger partial charge in [-0.3, -0.25) is 0 Å². The molecule has 0 saturated carbocycles. The number of alkyl halides is 6. The van der Waals surface area contributed by atoms with Crippen LogP contribution in [0.3, 0.4) is 0 Å². The molecule has 2 nitrogen and oxygen atoms in total. The van der Waals surface area contributed by atoms with E-state index in [1.807, 2.05) is 0 Å². The molecule has 0 saturated heterocycles. The van der Waals surface area contributed by atoms with Gasteiger partial charge in [-0.1, -0.05) is 0 Å². The second-order valence-corrected chi connectivity index (χ2v) is 2.88. The third-order valence-corrected chi connectivity index (χ3v) is 1.47. The number of hydrogen-bond acceptors (Lipinski definition) is 2. The smallest absolute Gasteiger partial charge is 0.199 e. The minimum atomic E-state index is -5.04. The molecule has 1 rings (SSSR count). The molecule has 15 heavy (non-hydrogen) atoms. The van der Waals surface area contributed by atoms with Crippen LogP contribution in [0.4, 0.5) is 26.3 Å². The minimum Gasteiger partial charge on any atom is -0.199 e. The molecule has 0 spiro atoms. The van der Waals surface area contributed by atoms with Crippen LogP contribution in [0.25, 0.3) is 0 Å². The maximum atomic E-state index is 12.4. The molecule has 0 aromatic carbocycles. The summed E-state index contributed by atoms with van der Waals surface area (Å²) in [6, 6.07) is -0.115. The van der Waals surface area contributed by atoms with Gasteiger partial charge in [0.25, 0.3) is 0 Å². The molecule has 0 N–H and O–H groups in total. The van der Waals surface area contributed by atoms with Crippen LogP contribution in [0.1, 0.15) is 11.4 Å². The molecule has 0 unspecified atom stereocenters. The van der Waals surface area contributed by atoms with Gasteiger partial charge in [-0.2, -0.15) is 36.3 Å². The van der Waals surface area contributed by atoms with Crippen LogP contribution in [0.5, 0.6) is 0 Å². The first-order chi connectivity index (χ1) is 6.60. The number of rotatable bonds is 1. The summed E-state index contributed by atoms with van der Waals surface area (Å²) >= 11 is 4.39. The van der Waals surface area contributed by atoms with Crippen molar-refractivity contribution >= 4 is 11.6 Å². The molecule has 1 aromatic rings. The molecule has 0 amide bonds. The van der Waals surface area contributed by atoms with Crippen molar-refractivity contribution in [3.05, 3.63) is 23.5 Å². The molecule has 0 aliphatic rings. The first-order valence-corrected chi connectivity index (χ1v) is 3.67. The lowest BCUT2D eigenvalue weighted by atomic mass is 10.3. The van der Waals surface area contributed by atoms with Gasteiger partial charge in [-0.25, -0.2) is 0 Å². The van der Waals surface area contributed by atoms with Crippen LogP contribution >= 0.6 is 11.6 Å². The Hall–Kier alpha value is -1.05. The van der Waals surface area contributed by atoms with Gasteiger partial charge < -0.3 is 0 Å². The van der Waals surface area contributed by atoms with E-state index in [9.17, 15) is 26.3 Å². The van der Waals surface area contributed by atoms with Crippen molar-refractivity contribution in [2.45, 2.75) is 11.6 Å². The molecule has 0 aliphatic carbocycles. The zero-order valence-electron chi connectivity index (χ0n) is 6.62. The second-order valence-electron chi connectivity index (χ2n) is 2.40. The molecular weight excluding hydrogens is 250 g/mol. The minimum absolute atomic E-state index is 0.115. The van der Waals surface area contributed by atoms with E-state index in [2.05, 4.69) is 21.6 Å². The van der Waals surface area contributed by atoms with Crippen molar-refractivity contribution in [3.63, 3.8) is 0 Å². The summed E-state index contributed by atoms with van der Waals surface area (Å²) in [6.45, 7) is 0. The average Bonchev–Trinajstić information content (AvgIpc) is 1.99. The molecule has 1 aromatic heterocycles. The highest BCUT2D eigenvalue weighted by Crippen LogP contribution is 2.34. The van der Waals surface area contributed by atoms with E-state index in [1.165, 1.54) is 0 Å². The Morgan fingerprint density at radius 3 is 1.87 bits per heavy atom. The fourth-order valence-electron chi connectivity index (χ4n) is 0.708. The van der Waals surface area contributed by atoms with E-state index < -0.39 is 29.0 Å². The van der Waals surface area contributed by atoms with Crippen molar-refractivity contribution in [3.8, 4) is 0 Å². The van der Waals surface area contributed by atoms with Crippen molar-refractivity contribution in [1.82, 2.24) is 9.97 Å². The third kappa shape index (κ3) is 2.95. The van der Waals surface area contributed by atoms with Gasteiger partial charge in [0.2, 0.25) is 0 Å². The van der Waals surface area contributed by atoms with Gasteiger partial charge in [0.15, 0.2) is 5.69 Å². The summed E-state index contributed by atoms with van der Waals surface area (Å²) in [6.07, 6.45) is -6.96. The van der Waals surface area contributed by atoms with Crippen LogP contribution in [-0.4, -0.2) is 9.97 Å². The monoisotopic (exact) mass is 250 g/mol. The molecular formula is C6HClF6N2. The highest BCUT2D eigenvalue weighted by atomic mass is 35.5. The topological polar surface area (TPSA) is 25.8 Å². The standard InChI is InChI=1S/C6HClF6N2/c7-5(9,10)2-1-3(6(11,12)13)15-4(8)14-2/h1H. The maximum Gasteiger partial charge on any atom is 0.433 e. The molecule has 0 aliphatic heterocycles. The predicted molar refractivity (Wildman–Crippen MR) is 36.7 cm³/mol. The Balaban J connectivity index is 3.30. The highest BCUT2D eigenvalue weighted by Gasteiger charge is 2.38. The average molecular weight is 251 g/mol. The van der Waals surface area contributed by atoms with Crippen LogP contribution < -0.4 is 0 Å². The van der Waals surface area contributed by atoms with Crippen LogP contribution in [0.15, 0.2) is 6.07 Å². The van der Waals surface area contributed by atoms with Crippen molar-refractivity contribution in [2.75, 3.05) is 0 Å².